The van der Waals surface area contributed by atoms with Crippen LogP contribution in [0.3, 0.4) is 0 Å². The van der Waals surface area contributed by atoms with E-state index >= 15 is 0 Å². The highest BCUT2D eigenvalue weighted by Gasteiger charge is 1.92. The average Bonchev–Trinajstić information content (AvgIpc) is 2.01. The van der Waals surface area contributed by atoms with E-state index in [0.29, 0.717) is 6.42 Å². The van der Waals surface area contributed by atoms with Crippen LogP contribution in [0.4, 0.5) is 0 Å². The van der Waals surface area contributed by atoms with Crippen LogP contribution >= 0.6 is 0 Å². The number of amides is 1. The molecule has 0 saturated carbocycles. The summed E-state index contributed by atoms with van der Waals surface area (Å²) in [4.78, 5) is 10.5. The predicted octanol–water partition coefficient (Wildman–Crippen LogP) is 2.19. The molecule has 1 rings (SSSR count). The molecular weight excluding hydrogens is 174 g/mol. The molecule has 2 nitrogen and oxygen atoms in total. The molecule has 74 valence electrons. The predicted molar refractivity (Wildman–Crippen MR) is 58.8 cm³/mol. The molecule has 0 aliphatic rings. The fourth-order valence-electron chi connectivity index (χ4n) is 1.42. The summed E-state index contributed by atoms with van der Waals surface area (Å²) in [6.45, 7) is 4.11. The molecule has 0 bridgehead atoms. The number of nitrogens with two attached hydrogens (primary N) is 1. The van der Waals surface area contributed by atoms with E-state index in [1.54, 1.807) is 6.08 Å². The Morgan fingerprint density at radius 3 is 2.36 bits per heavy atom. The van der Waals surface area contributed by atoms with Crippen molar-refractivity contribution in [1.29, 1.82) is 0 Å². The molecule has 1 aromatic rings. The van der Waals surface area contributed by atoms with Gasteiger partial charge in [-0.3, -0.25) is 4.79 Å². The van der Waals surface area contributed by atoms with Crippen molar-refractivity contribution in [3.63, 3.8) is 0 Å². The molecule has 0 saturated heterocycles. The lowest BCUT2D eigenvalue weighted by Crippen LogP contribution is -2.07. The fourth-order valence-corrected chi connectivity index (χ4v) is 1.42. The van der Waals surface area contributed by atoms with Gasteiger partial charge in [-0.25, -0.2) is 0 Å². The van der Waals surface area contributed by atoms with Crippen molar-refractivity contribution in [2.45, 2.75) is 20.3 Å². The van der Waals surface area contributed by atoms with E-state index in [-0.39, 0.29) is 5.91 Å². The lowest BCUT2D eigenvalue weighted by atomic mass is 10.1. The van der Waals surface area contributed by atoms with Crippen LogP contribution in [0, 0.1) is 13.8 Å². The largest absolute Gasteiger partial charge is 0.369 e. The van der Waals surface area contributed by atoms with E-state index in [1.807, 2.05) is 6.08 Å². The van der Waals surface area contributed by atoms with Crippen LogP contribution in [0.15, 0.2) is 24.3 Å². The maximum Gasteiger partial charge on any atom is 0.221 e. The monoisotopic (exact) mass is 189 g/mol. The smallest absolute Gasteiger partial charge is 0.221 e. The van der Waals surface area contributed by atoms with Crippen LogP contribution < -0.4 is 5.73 Å². The molecule has 0 spiro atoms. The van der Waals surface area contributed by atoms with E-state index in [0.717, 1.165) is 5.56 Å². The molecule has 0 aliphatic heterocycles. The third-order valence-electron chi connectivity index (χ3n) is 1.87. The Kier molecular flexibility index (Phi) is 3.46. The van der Waals surface area contributed by atoms with Gasteiger partial charge < -0.3 is 5.73 Å². The molecule has 0 atom stereocenters. The van der Waals surface area contributed by atoms with E-state index < -0.39 is 0 Å². The lowest BCUT2D eigenvalue weighted by molar-refractivity contribution is -0.117. The Morgan fingerprint density at radius 2 is 1.86 bits per heavy atom. The zero-order valence-electron chi connectivity index (χ0n) is 8.58. The Morgan fingerprint density at radius 1 is 1.29 bits per heavy atom. The highest BCUT2D eigenvalue weighted by atomic mass is 16.1. The molecule has 0 radical (unpaired) electrons. The van der Waals surface area contributed by atoms with Gasteiger partial charge in [0.2, 0.25) is 5.91 Å². The molecule has 0 aromatic heterocycles. The van der Waals surface area contributed by atoms with Crippen molar-refractivity contribution in [2.24, 2.45) is 5.73 Å². The van der Waals surface area contributed by atoms with Crippen molar-refractivity contribution >= 4 is 12.0 Å². The van der Waals surface area contributed by atoms with Gasteiger partial charge in [0.05, 0.1) is 0 Å². The Hall–Kier alpha value is -1.57. The van der Waals surface area contributed by atoms with Crippen LogP contribution in [0.5, 0.6) is 0 Å². The van der Waals surface area contributed by atoms with Crippen LogP contribution in [0.2, 0.25) is 0 Å². The molecule has 0 fully saturated rings. The number of hydrogen-bond donors (Lipinski definition) is 1. The van der Waals surface area contributed by atoms with Gasteiger partial charge in [-0.1, -0.05) is 41.5 Å². The molecule has 1 aromatic carbocycles. The van der Waals surface area contributed by atoms with Crippen molar-refractivity contribution < 1.29 is 4.79 Å². The molecule has 2 N–H and O–H groups in total. The van der Waals surface area contributed by atoms with E-state index in [2.05, 4.69) is 32.0 Å². The molecule has 2 heteroatoms. The maximum absolute atomic E-state index is 10.5. The third kappa shape index (κ3) is 3.44. The van der Waals surface area contributed by atoms with Gasteiger partial charge in [0.25, 0.3) is 0 Å². The van der Waals surface area contributed by atoms with Crippen LogP contribution in [0.1, 0.15) is 23.1 Å². The van der Waals surface area contributed by atoms with Crippen molar-refractivity contribution in [3.8, 4) is 0 Å². The minimum absolute atomic E-state index is 0.299. The topological polar surface area (TPSA) is 43.1 Å². The quantitative estimate of drug-likeness (QED) is 0.778. The second-order valence-electron chi connectivity index (χ2n) is 3.49. The Balaban J connectivity index is 2.76. The highest BCUT2D eigenvalue weighted by Crippen LogP contribution is 2.10. The summed E-state index contributed by atoms with van der Waals surface area (Å²) in [5, 5.41) is 0. The summed E-state index contributed by atoms with van der Waals surface area (Å²) in [6.07, 6.45) is 4.01. The first kappa shape index (κ1) is 10.5. The fraction of sp³-hybridized carbons (Fsp3) is 0.250. The SMILES string of the molecule is Cc1cc(C)cc(C=CCC(N)=O)c1. The summed E-state index contributed by atoms with van der Waals surface area (Å²) < 4.78 is 0. The number of carbonyl (C=O) groups is 1. The normalized spacial score (nSPS) is 10.7. The lowest BCUT2D eigenvalue weighted by Gasteiger charge is -1.99. The number of aryl methyl sites for hydroxylation is 2. The number of benzene rings is 1. The van der Waals surface area contributed by atoms with Gasteiger partial charge in [0.15, 0.2) is 0 Å². The summed E-state index contributed by atoms with van der Waals surface area (Å²) in [7, 11) is 0. The van der Waals surface area contributed by atoms with E-state index in [1.165, 1.54) is 11.1 Å². The molecular formula is C12H15NO. The number of rotatable bonds is 3. The summed E-state index contributed by atoms with van der Waals surface area (Å²) in [5.41, 5.74) is 8.59. The van der Waals surface area contributed by atoms with Gasteiger partial charge in [0.1, 0.15) is 0 Å². The molecule has 0 unspecified atom stereocenters. The average molecular weight is 189 g/mol. The minimum atomic E-state index is -0.300. The van der Waals surface area contributed by atoms with Gasteiger partial charge in [-0.2, -0.15) is 0 Å². The molecule has 1 amide bonds. The number of hydrogen-bond acceptors (Lipinski definition) is 1. The first-order valence-electron chi connectivity index (χ1n) is 4.61. The number of primary amides is 1. The van der Waals surface area contributed by atoms with Crippen LogP contribution in [0.25, 0.3) is 6.08 Å². The summed E-state index contributed by atoms with van der Waals surface area (Å²) in [5.74, 6) is -0.300. The van der Waals surface area contributed by atoms with Crippen molar-refractivity contribution in [1.82, 2.24) is 0 Å². The highest BCUT2D eigenvalue weighted by molar-refractivity contribution is 5.76. The first-order valence-corrected chi connectivity index (χ1v) is 4.61. The summed E-state index contributed by atoms with van der Waals surface area (Å²) in [6, 6.07) is 6.26. The third-order valence-corrected chi connectivity index (χ3v) is 1.87. The zero-order chi connectivity index (χ0) is 10.6. The maximum atomic E-state index is 10.5. The minimum Gasteiger partial charge on any atom is -0.369 e. The molecule has 0 heterocycles. The second-order valence-corrected chi connectivity index (χ2v) is 3.49. The Labute approximate surface area is 84.4 Å². The van der Waals surface area contributed by atoms with Gasteiger partial charge in [-0.15, -0.1) is 0 Å². The van der Waals surface area contributed by atoms with Crippen molar-refractivity contribution in [2.75, 3.05) is 0 Å². The van der Waals surface area contributed by atoms with E-state index in [4.69, 9.17) is 5.73 Å². The van der Waals surface area contributed by atoms with Crippen LogP contribution in [-0.4, -0.2) is 5.91 Å². The van der Waals surface area contributed by atoms with Gasteiger partial charge >= 0.3 is 0 Å². The van der Waals surface area contributed by atoms with Crippen LogP contribution in [-0.2, 0) is 4.79 Å². The van der Waals surface area contributed by atoms with Gasteiger partial charge in [-0.05, 0) is 19.4 Å². The summed E-state index contributed by atoms with van der Waals surface area (Å²) >= 11 is 0. The molecule has 14 heavy (non-hydrogen) atoms. The Bertz CT molecular complexity index is 346. The number of carbonyl (C=O) groups excluding carboxylic acids is 1. The molecule has 0 aliphatic carbocycles. The van der Waals surface area contributed by atoms with Crippen molar-refractivity contribution in [3.05, 3.63) is 41.0 Å². The zero-order valence-corrected chi connectivity index (χ0v) is 8.58. The van der Waals surface area contributed by atoms with E-state index in [9.17, 15) is 4.79 Å². The first-order chi connectivity index (χ1) is 6.58. The second kappa shape index (κ2) is 4.61. The standard InChI is InChI=1S/C12H15NO/c1-9-6-10(2)8-11(7-9)4-3-5-12(13)14/h3-4,6-8H,5H2,1-2H3,(H2,13,14). The van der Waals surface area contributed by atoms with Gasteiger partial charge in [0, 0.05) is 6.42 Å².